The number of methoxy groups -OCH3 is 1. The van der Waals surface area contributed by atoms with Crippen LogP contribution in [0.3, 0.4) is 0 Å². The van der Waals surface area contributed by atoms with E-state index in [0.29, 0.717) is 6.54 Å². The fraction of sp³-hybridized carbons (Fsp3) is 0.471. The van der Waals surface area contributed by atoms with Gasteiger partial charge in [-0.1, -0.05) is 12.1 Å². The van der Waals surface area contributed by atoms with E-state index in [-0.39, 0.29) is 12.1 Å². The van der Waals surface area contributed by atoms with Crippen LogP contribution in [0.15, 0.2) is 36.5 Å². The number of aliphatic hydroxyl groups is 1. The van der Waals surface area contributed by atoms with E-state index >= 15 is 0 Å². The molecule has 5 heteroatoms. The highest BCUT2D eigenvalue weighted by Crippen LogP contribution is 2.34. The molecule has 0 saturated carbocycles. The summed E-state index contributed by atoms with van der Waals surface area (Å²) in [6.07, 6.45) is 2.31. The summed E-state index contributed by atoms with van der Waals surface area (Å²) in [7, 11) is 1.68. The van der Waals surface area contributed by atoms with Gasteiger partial charge in [0.15, 0.2) is 0 Å². The predicted octanol–water partition coefficient (Wildman–Crippen LogP) is 2.22. The van der Waals surface area contributed by atoms with E-state index in [9.17, 15) is 5.11 Å². The Hall–Kier alpha value is -1.85. The summed E-state index contributed by atoms with van der Waals surface area (Å²) in [6.45, 7) is 4.45. The summed E-state index contributed by atoms with van der Waals surface area (Å²) in [5, 5.41) is 14.4. The Morgan fingerprint density at radius 2 is 2.23 bits per heavy atom. The molecule has 3 rings (SSSR count). The molecule has 2 atom stereocenters. The summed E-state index contributed by atoms with van der Waals surface area (Å²) in [6, 6.07) is 10.4. The molecule has 1 aromatic carbocycles. The minimum absolute atomic E-state index is 0.213. The number of aliphatic hydroxyl groups excluding tert-OH is 1. The van der Waals surface area contributed by atoms with Crippen molar-refractivity contribution in [3.05, 3.63) is 47.8 Å². The van der Waals surface area contributed by atoms with Crippen LogP contribution in [0.1, 0.15) is 30.6 Å². The summed E-state index contributed by atoms with van der Waals surface area (Å²) in [4.78, 5) is 2.32. The Labute approximate surface area is 131 Å². The maximum absolute atomic E-state index is 10.1. The molecule has 1 aromatic heterocycles. The third kappa shape index (κ3) is 3.00. The topological polar surface area (TPSA) is 50.5 Å². The Morgan fingerprint density at radius 3 is 3.00 bits per heavy atom. The summed E-state index contributed by atoms with van der Waals surface area (Å²) < 4.78 is 7.33. The zero-order valence-electron chi connectivity index (χ0n) is 13.1. The molecular formula is C17H23N3O2. The van der Waals surface area contributed by atoms with Crippen LogP contribution in [-0.4, -0.2) is 39.5 Å². The Bertz CT molecular complexity index is 626. The molecule has 1 aliphatic rings. The van der Waals surface area contributed by atoms with E-state index in [1.54, 1.807) is 7.11 Å². The van der Waals surface area contributed by atoms with Crippen LogP contribution >= 0.6 is 0 Å². The first-order valence-corrected chi connectivity index (χ1v) is 7.78. The van der Waals surface area contributed by atoms with Crippen molar-refractivity contribution < 1.29 is 9.84 Å². The van der Waals surface area contributed by atoms with Gasteiger partial charge >= 0.3 is 0 Å². The Balaban J connectivity index is 1.82. The van der Waals surface area contributed by atoms with Crippen LogP contribution in [0.2, 0.25) is 0 Å². The lowest BCUT2D eigenvalue weighted by Crippen LogP contribution is -2.25. The molecule has 118 valence electrons. The lowest BCUT2D eigenvalue weighted by Gasteiger charge is -2.25. The average Bonchev–Trinajstić information content (AvgIpc) is 3.14. The number of aryl methyl sites for hydroxylation is 1. The minimum atomic E-state index is -0.283. The number of ether oxygens (including phenoxy) is 1. The summed E-state index contributed by atoms with van der Waals surface area (Å²) in [5.41, 5.74) is 2.38. The second-order valence-corrected chi connectivity index (χ2v) is 5.75. The third-order valence-corrected chi connectivity index (χ3v) is 4.33. The van der Waals surface area contributed by atoms with Crippen LogP contribution < -0.4 is 4.74 Å². The molecule has 0 spiro atoms. The number of β-amino-alcohol motifs (C(OH)–C–C–N with tert-alkyl or cyclic N) is 1. The van der Waals surface area contributed by atoms with Crippen molar-refractivity contribution in [2.24, 2.45) is 0 Å². The number of benzene rings is 1. The van der Waals surface area contributed by atoms with Gasteiger partial charge in [0.2, 0.25) is 0 Å². The summed E-state index contributed by atoms with van der Waals surface area (Å²) >= 11 is 0. The fourth-order valence-corrected chi connectivity index (χ4v) is 3.24. The molecule has 2 heterocycles. The third-order valence-electron chi connectivity index (χ3n) is 4.33. The number of aromatic nitrogens is 2. The first kappa shape index (κ1) is 15.1. The number of nitrogens with zero attached hydrogens (tertiary/aromatic N) is 3. The lowest BCUT2D eigenvalue weighted by molar-refractivity contribution is 0.171. The van der Waals surface area contributed by atoms with Gasteiger partial charge in [0.05, 0.1) is 18.9 Å². The molecule has 0 bridgehead atoms. The van der Waals surface area contributed by atoms with Crippen LogP contribution in [0.4, 0.5) is 0 Å². The van der Waals surface area contributed by atoms with Gasteiger partial charge in [0.1, 0.15) is 5.75 Å². The van der Waals surface area contributed by atoms with E-state index in [4.69, 9.17) is 4.74 Å². The molecule has 1 aliphatic heterocycles. The molecule has 0 aliphatic carbocycles. The quantitative estimate of drug-likeness (QED) is 0.920. The highest BCUT2D eigenvalue weighted by Gasteiger charge is 2.32. The zero-order chi connectivity index (χ0) is 15.5. The monoisotopic (exact) mass is 301 g/mol. The standard InChI is InChI=1S/C17H23N3O2/c1-3-20-14(7-8-18-20)11-19-12-15(21)10-17(19)13-5-4-6-16(9-13)22-2/h4-9,15,17,21H,3,10-12H2,1-2H3/t15-,17+/m0/s1. The van der Waals surface area contributed by atoms with Crippen molar-refractivity contribution in [1.82, 2.24) is 14.7 Å². The van der Waals surface area contributed by atoms with Crippen molar-refractivity contribution in [2.45, 2.75) is 38.6 Å². The minimum Gasteiger partial charge on any atom is -0.497 e. The highest BCUT2D eigenvalue weighted by molar-refractivity contribution is 5.31. The van der Waals surface area contributed by atoms with Gasteiger partial charge in [-0.25, -0.2) is 0 Å². The number of hydrogen-bond donors (Lipinski definition) is 1. The molecule has 1 N–H and O–H groups in total. The van der Waals surface area contributed by atoms with E-state index in [2.05, 4.69) is 35.1 Å². The van der Waals surface area contributed by atoms with Gasteiger partial charge in [-0.3, -0.25) is 9.58 Å². The molecule has 1 saturated heterocycles. The Morgan fingerprint density at radius 1 is 1.36 bits per heavy atom. The van der Waals surface area contributed by atoms with E-state index in [1.165, 1.54) is 11.3 Å². The molecule has 22 heavy (non-hydrogen) atoms. The lowest BCUT2D eigenvalue weighted by atomic mass is 10.0. The van der Waals surface area contributed by atoms with E-state index in [0.717, 1.165) is 25.3 Å². The smallest absolute Gasteiger partial charge is 0.119 e. The fourth-order valence-electron chi connectivity index (χ4n) is 3.24. The largest absolute Gasteiger partial charge is 0.497 e. The van der Waals surface area contributed by atoms with Gasteiger partial charge in [-0.05, 0) is 37.1 Å². The second kappa shape index (κ2) is 6.50. The van der Waals surface area contributed by atoms with Crippen molar-refractivity contribution in [2.75, 3.05) is 13.7 Å². The maximum Gasteiger partial charge on any atom is 0.119 e. The average molecular weight is 301 g/mol. The van der Waals surface area contributed by atoms with Gasteiger partial charge in [-0.15, -0.1) is 0 Å². The van der Waals surface area contributed by atoms with Crippen molar-refractivity contribution in [3.8, 4) is 5.75 Å². The molecular weight excluding hydrogens is 278 g/mol. The second-order valence-electron chi connectivity index (χ2n) is 5.75. The molecule has 0 amide bonds. The van der Waals surface area contributed by atoms with Crippen molar-refractivity contribution in [1.29, 1.82) is 0 Å². The van der Waals surface area contributed by atoms with Gasteiger partial charge in [0.25, 0.3) is 0 Å². The van der Waals surface area contributed by atoms with E-state index in [1.807, 2.05) is 23.0 Å². The van der Waals surface area contributed by atoms with Crippen LogP contribution in [-0.2, 0) is 13.1 Å². The molecule has 1 fully saturated rings. The highest BCUT2D eigenvalue weighted by atomic mass is 16.5. The van der Waals surface area contributed by atoms with Crippen molar-refractivity contribution >= 4 is 0 Å². The number of likely N-dealkylation sites (tertiary alicyclic amines) is 1. The molecule has 0 unspecified atom stereocenters. The molecule has 0 radical (unpaired) electrons. The first-order chi connectivity index (χ1) is 10.7. The van der Waals surface area contributed by atoms with Crippen LogP contribution in [0.5, 0.6) is 5.75 Å². The summed E-state index contributed by atoms with van der Waals surface area (Å²) in [5.74, 6) is 0.859. The zero-order valence-corrected chi connectivity index (χ0v) is 13.1. The SMILES string of the molecule is CCn1nccc1CN1C[C@@H](O)C[C@@H]1c1cccc(OC)c1. The van der Waals surface area contributed by atoms with Gasteiger partial charge in [-0.2, -0.15) is 5.10 Å². The predicted molar refractivity (Wildman–Crippen MR) is 84.7 cm³/mol. The van der Waals surface area contributed by atoms with Gasteiger partial charge < -0.3 is 9.84 Å². The molecule has 2 aromatic rings. The normalized spacial score (nSPS) is 22.1. The van der Waals surface area contributed by atoms with Crippen molar-refractivity contribution in [3.63, 3.8) is 0 Å². The Kier molecular flexibility index (Phi) is 4.45. The first-order valence-electron chi connectivity index (χ1n) is 7.78. The van der Waals surface area contributed by atoms with Gasteiger partial charge in [0, 0.05) is 31.9 Å². The van der Waals surface area contributed by atoms with Crippen LogP contribution in [0.25, 0.3) is 0 Å². The van der Waals surface area contributed by atoms with Crippen LogP contribution in [0, 0.1) is 0 Å². The number of hydrogen-bond acceptors (Lipinski definition) is 4. The number of rotatable bonds is 5. The van der Waals surface area contributed by atoms with E-state index < -0.39 is 0 Å². The molecule has 5 nitrogen and oxygen atoms in total. The maximum atomic E-state index is 10.1.